The van der Waals surface area contributed by atoms with Crippen LogP contribution in [-0.2, 0) is 9.59 Å². The molecule has 2 aliphatic rings. The first-order valence-electron chi connectivity index (χ1n) is 7.71. The van der Waals surface area contributed by atoms with Gasteiger partial charge in [0.05, 0.1) is 11.8 Å². The molecule has 2 amide bonds. The van der Waals surface area contributed by atoms with Crippen molar-refractivity contribution in [3.63, 3.8) is 0 Å². The Morgan fingerprint density at radius 2 is 1.70 bits per heavy atom. The Morgan fingerprint density at radius 1 is 1.20 bits per heavy atom. The molecule has 1 N–H and O–H groups in total. The maximum absolute atomic E-state index is 12.4. The summed E-state index contributed by atoms with van der Waals surface area (Å²) in [6.45, 7) is 14.0. The van der Waals surface area contributed by atoms with Crippen LogP contribution in [0.25, 0.3) is 0 Å². The van der Waals surface area contributed by atoms with Gasteiger partial charge in [-0.1, -0.05) is 41.5 Å². The molecule has 0 bridgehead atoms. The number of fused-ring (bicyclic) bond motifs is 1. The molecule has 1 aliphatic heterocycles. The second-order valence-electron chi connectivity index (χ2n) is 7.94. The summed E-state index contributed by atoms with van der Waals surface area (Å²) in [5.74, 6) is -0.0568. The lowest BCUT2D eigenvalue weighted by molar-refractivity contribution is -0.143. The first-order valence-corrected chi connectivity index (χ1v) is 7.71. The molecule has 1 aliphatic carbocycles. The summed E-state index contributed by atoms with van der Waals surface area (Å²) in [6.07, 6.45) is 1.05. The number of amides is 2. The average molecular weight is 280 g/mol. The van der Waals surface area contributed by atoms with Crippen molar-refractivity contribution in [1.29, 1.82) is 0 Å². The Hall–Kier alpha value is -0.900. The van der Waals surface area contributed by atoms with Gasteiger partial charge in [-0.3, -0.25) is 14.5 Å². The highest BCUT2D eigenvalue weighted by molar-refractivity contribution is 6.10. The van der Waals surface area contributed by atoms with E-state index in [1.54, 1.807) is 0 Å². The first-order chi connectivity index (χ1) is 9.12. The van der Waals surface area contributed by atoms with Crippen LogP contribution in [0, 0.1) is 22.7 Å². The fourth-order valence-corrected chi connectivity index (χ4v) is 3.33. The summed E-state index contributed by atoms with van der Waals surface area (Å²) in [4.78, 5) is 26.3. The van der Waals surface area contributed by atoms with Crippen LogP contribution in [0.2, 0.25) is 0 Å². The second kappa shape index (κ2) is 4.83. The summed E-state index contributed by atoms with van der Waals surface area (Å²) >= 11 is 0. The van der Waals surface area contributed by atoms with E-state index >= 15 is 0 Å². The third-order valence-corrected chi connectivity index (χ3v) is 4.94. The lowest BCUT2D eigenvalue weighted by atomic mass is 9.86. The highest BCUT2D eigenvalue weighted by atomic mass is 16.2. The van der Waals surface area contributed by atoms with Gasteiger partial charge in [0.1, 0.15) is 0 Å². The van der Waals surface area contributed by atoms with E-state index in [-0.39, 0.29) is 40.5 Å². The number of piperidine rings is 1. The van der Waals surface area contributed by atoms with E-state index < -0.39 is 0 Å². The predicted molar refractivity (Wildman–Crippen MR) is 79.0 cm³/mol. The Labute approximate surface area is 122 Å². The lowest BCUT2D eigenvalue weighted by Gasteiger charge is -2.35. The number of carbonyl (C=O) groups excluding carboxylic acids is 2. The van der Waals surface area contributed by atoms with E-state index in [1.165, 1.54) is 4.90 Å². The van der Waals surface area contributed by atoms with Crippen molar-refractivity contribution in [2.45, 2.75) is 54.0 Å². The van der Waals surface area contributed by atoms with Crippen molar-refractivity contribution in [3.05, 3.63) is 0 Å². The molecule has 1 saturated heterocycles. The molecule has 0 radical (unpaired) electrons. The Bertz CT molecular complexity index is 399. The van der Waals surface area contributed by atoms with Crippen molar-refractivity contribution >= 4 is 11.8 Å². The number of hydrogen-bond donors (Lipinski definition) is 1. The summed E-state index contributed by atoms with van der Waals surface area (Å²) in [6, 6.07) is 0.149. The molecule has 0 spiro atoms. The average Bonchev–Trinajstić information content (AvgIpc) is 2.78. The SMILES string of the molecule is CCCNC(CN1C(=O)C2C(C1=O)C2(C)C)C(C)(C)C. The lowest BCUT2D eigenvalue weighted by Crippen LogP contribution is -2.51. The standard InChI is InChI=1S/C16H28N2O2/c1-7-8-17-10(15(2,3)4)9-18-13(19)11-12(14(18)20)16(11,5)6/h10-12,17H,7-9H2,1-6H3. The maximum atomic E-state index is 12.4. The minimum absolute atomic E-state index is 0.0258. The van der Waals surface area contributed by atoms with Crippen molar-refractivity contribution in [2.24, 2.45) is 22.7 Å². The van der Waals surface area contributed by atoms with Crippen LogP contribution >= 0.6 is 0 Å². The van der Waals surface area contributed by atoms with Gasteiger partial charge < -0.3 is 5.32 Å². The van der Waals surface area contributed by atoms with Crippen LogP contribution in [0.5, 0.6) is 0 Å². The topological polar surface area (TPSA) is 49.4 Å². The van der Waals surface area contributed by atoms with Crippen LogP contribution in [0.4, 0.5) is 0 Å². The first kappa shape index (κ1) is 15.5. The van der Waals surface area contributed by atoms with E-state index in [0.29, 0.717) is 6.54 Å². The molecule has 0 aromatic carbocycles. The molecule has 2 rings (SSSR count). The smallest absolute Gasteiger partial charge is 0.233 e. The minimum Gasteiger partial charge on any atom is -0.312 e. The summed E-state index contributed by atoms with van der Waals surface area (Å²) in [5, 5.41) is 3.48. The van der Waals surface area contributed by atoms with Crippen molar-refractivity contribution in [1.82, 2.24) is 10.2 Å². The summed E-state index contributed by atoms with van der Waals surface area (Å²) < 4.78 is 0. The molecule has 0 aromatic rings. The Morgan fingerprint density at radius 3 is 2.10 bits per heavy atom. The van der Waals surface area contributed by atoms with Gasteiger partial charge in [-0.25, -0.2) is 0 Å². The third kappa shape index (κ3) is 2.39. The van der Waals surface area contributed by atoms with Gasteiger partial charge in [-0.2, -0.15) is 0 Å². The van der Waals surface area contributed by atoms with Crippen LogP contribution in [0.15, 0.2) is 0 Å². The van der Waals surface area contributed by atoms with Crippen molar-refractivity contribution < 1.29 is 9.59 Å². The quantitative estimate of drug-likeness (QED) is 0.784. The molecule has 1 saturated carbocycles. The van der Waals surface area contributed by atoms with Crippen molar-refractivity contribution in [2.75, 3.05) is 13.1 Å². The Kier molecular flexibility index (Phi) is 3.74. The van der Waals surface area contributed by atoms with Gasteiger partial charge in [0.25, 0.3) is 0 Å². The van der Waals surface area contributed by atoms with Crippen LogP contribution in [0.1, 0.15) is 48.0 Å². The fraction of sp³-hybridized carbons (Fsp3) is 0.875. The molecule has 0 aromatic heterocycles. The maximum Gasteiger partial charge on any atom is 0.233 e. The van der Waals surface area contributed by atoms with Gasteiger partial charge in [0.15, 0.2) is 0 Å². The molecular weight excluding hydrogens is 252 g/mol. The van der Waals surface area contributed by atoms with Crippen LogP contribution in [-0.4, -0.2) is 35.8 Å². The van der Waals surface area contributed by atoms with E-state index in [9.17, 15) is 9.59 Å². The van der Waals surface area contributed by atoms with Gasteiger partial charge in [0, 0.05) is 12.6 Å². The minimum atomic E-state index is -0.112. The van der Waals surface area contributed by atoms with Gasteiger partial charge in [-0.05, 0) is 23.8 Å². The fourth-order valence-electron chi connectivity index (χ4n) is 3.33. The molecule has 3 atom stereocenters. The van der Waals surface area contributed by atoms with Gasteiger partial charge in [-0.15, -0.1) is 0 Å². The van der Waals surface area contributed by atoms with Gasteiger partial charge >= 0.3 is 0 Å². The molecule has 20 heavy (non-hydrogen) atoms. The Balaban J connectivity index is 2.06. The summed E-state index contributed by atoms with van der Waals surface area (Å²) in [5.41, 5.74) is -0.0865. The zero-order chi connectivity index (χ0) is 15.3. The number of carbonyl (C=O) groups is 2. The number of nitrogens with one attached hydrogen (secondary N) is 1. The zero-order valence-corrected chi connectivity index (χ0v) is 13.6. The van der Waals surface area contributed by atoms with E-state index in [2.05, 4.69) is 33.0 Å². The molecule has 3 unspecified atom stereocenters. The molecule has 114 valence electrons. The molecule has 1 heterocycles. The van der Waals surface area contributed by atoms with Crippen LogP contribution < -0.4 is 5.32 Å². The van der Waals surface area contributed by atoms with E-state index in [4.69, 9.17) is 0 Å². The number of rotatable bonds is 5. The largest absolute Gasteiger partial charge is 0.312 e. The third-order valence-electron chi connectivity index (χ3n) is 4.94. The van der Waals surface area contributed by atoms with Gasteiger partial charge in [0.2, 0.25) is 11.8 Å². The molecular formula is C16H28N2O2. The highest BCUT2D eigenvalue weighted by Gasteiger charge is 2.72. The molecule has 4 heteroatoms. The van der Waals surface area contributed by atoms with E-state index in [0.717, 1.165) is 13.0 Å². The van der Waals surface area contributed by atoms with Crippen molar-refractivity contribution in [3.8, 4) is 0 Å². The number of likely N-dealkylation sites (tertiary alicyclic amines) is 1. The molecule has 4 nitrogen and oxygen atoms in total. The number of imide groups is 1. The zero-order valence-electron chi connectivity index (χ0n) is 13.6. The van der Waals surface area contributed by atoms with E-state index in [1.807, 2.05) is 13.8 Å². The number of nitrogens with zero attached hydrogens (tertiary/aromatic N) is 1. The predicted octanol–water partition coefficient (Wildman–Crippen LogP) is 2.04. The second-order valence-corrected chi connectivity index (χ2v) is 7.94. The number of hydrogen-bond acceptors (Lipinski definition) is 3. The normalized spacial score (nSPS) is 29.6. The summed E-state index contributed by atoms with van der Waals surface area (Å²) in [7, 11) is 0. The monoisotopic (exact) mass is 280 g/mol. The molecule has 2 fully saturated rings. The highest BCUT2D eigenvalue weighted by Crippen LogP contribution is 2.63. The van der Waals surface area contributed by atoms with Crippen LogP contribution in [0.3, 0.4) is 0 Å².